The molecule has 0 aromatic carbocycles. The Kier molecular flexibility index (Phi) is 8.24. The predicted molar refractivity (Wildman–Crippen MR) is 65.8 cm³/mol. The minimum absolute atomic E-state index is 8.18. The number of rotatable bonds is 10. The summed E-state index contributed by atoms with van der Waals surface area (Å²) in [5, 5.41) is 0. The van der Waals surface area contributed by atoms with Gasteiger partial charge >= 0.3 is 73.3 Å². The fraction of sp³-hybridized carbons (Fsp3) is 1.00. The summed E-state index contributed by atoms with van der Waals surface area (Å²) in [5.74, 6) is -84.0. The lowest BCUT2D eigenvalue weighted by molar-refractivity contribution is -0.477. The fourth-order valence-corrected chi connectivity index (χ4v) is 2.37. The Balaban J connectivity index is 7.29. The smallest absolute Gasteiger partial charge is 0.192 e. The first-order chi connectivity index (χ1) is 15.8. The van der Waals surface area contributed by atoms with Gasteiger partial charge in [-0.3, -0.25) is 0 Å². The van der Waals surface area contributed by atoms with Crippen molar-refractivity contribution in [2.45, 2.75) is 65.1 Å². The quantitative estimate of drug-likeness (QED) is 0.162. The lowest BCUT2D eigenvalue weighted by Crippen LogP contribution is -2.77. The first kappa shape index (κ1) is 36.6. The average molecular weight is 657 g/mol. The zero-order valence-corrected chi connectivity index (χ0v) is 16.7. The van der Waals surface area contributed by atoms with E-state index < -0.39 is 73.3 Å². The molecule has 0 saturated carbocycles. The van der Waals surface area contributed by atoms with E-state index in [9.17, 15) is 114 Å². The Morgan fingerprint density at radius 1 is 0.237 bits per heavy atom. The molecule has 0 nitrogen and oxygen atoms in total. The van der Waals surface area contributed by atoms with Crippen LogP contribution in [0.15, 0.2) is 0 Å². The lowest BCUT2D eigenvalue weighted by Gasteiger charge is -2.44. The van der Waals surface area contributed by atoms with E-state index in [4.69, 9.17) is 0 Å². The normalized spacial score (nSPS) is 17.2. The summed E-state index contributed by atoms with van der Waals surface area (Å²) in [4.78, 5) is 0. The van der Waals surface area contributed by atoms with Crippen molar-refractivity contribution in [3.63, 3.8) is 0 Å². The van der Waals surface area contributed by atoms with E-state index in [0.29, 0.717) is 0 Å². The van der Waals surface area contributed by atoms with Gasteiger partial charge in [0.15, 0.2) is 0 Å². The number of alkyl halides is 23. The molecule has 0 N–H and O–H groups in total. The van der Waals surface area contributed by atoms with Crippen molar-refractivity contribution < 1.29 is 114 Å². The van der Waals surface area contributed by atoms with Gasteiger partial charge in [-0.1, -0.05) is 0 Å². The van der Waals surface area contributed by atoms with Gasteiger partial charge in [0.25, 0.3) is 0 Å². The van der Waals surface area contributed by atoms with Crippen molar-refractivity contribution in [3.8, 4) is 0 Å². The van der Waals surface area contributed by atoms with Gasteiger partial charge < -0.3 is 0 Å². The third-order valence-electron chi connectivity index (χ3n) is 4.21. The SMILES string of the molecule is FC(F)(F)C(F)(F)C(F)(F)C(F)(F)C(F)(F)C(F)(F)C(F)(F)C(F)(F)C(F)(F)C(F)(F)C(F)(F)[P+](F)(F)F. The molecule has 0 aliphatic rings. The summed E-state index contributed by atoms with van der Waals surface area (Å²) >= 11 is 0. The van der Waals surface area contributed by atoms with Gasteiger partial charge in [-0.25, -0.2) is 0 Å². The summed E-state index contributed by atoms with van der Waals surface area (Å²) < 4.78 is 333. The topological polar surface area (TPSA) is 0 Å². The van der Waals surface area contributed by atoms with Crippen LogP contribution < -0.4 is 0 Å². The van der Waals surface area contributed by atoms with Gasteiger partial charge in [0.2, 0.25) is 0 Å². The molecule has 27 heteroatoms. The molecule has 0 aliphatic heterocycles. The van der Waals surface area contributed by atoms with Crippen LogP contribution in [0.25, 0.3) is 0 Å². The van der Waals surface area contributed by atoms with E-state index in [2.05, 4.69) is 0 Å². The summed E-state index contributed by atoms with van der Waals surface area (Å²) in [7, 11) is -9.50. The van der Waals surface area contributed by atoms with Gasteiger partial charge in [-0.05, 0) is 0 Å². The Morgan fingerprint density at radius 2 is 0.395 bits per heavy atom. The fourth-order valence-electron chi connectivity index (χ4n) is 1.91. The molecule has 0 aliphatic carbocycles. The van der Waals surface area contributed by atoms with Gasteiger partial charge in [0, 0.05) is 12.6 Å². The molecule has 0 amide bonds. The van der Waals surface area contributed by atoms with E-state index in [1.807, 2.05) is 0 Å². The maximum absolute atomic E-state index is 13.3. The van der Waals surface area contributed by atoms with Crippen molar-refractivity contribution in [2.75, 3.05) is 0 Å². The van der Waals surface area contributed by atoms with Gasteiger partial charge in [0.1, 0.15) is 0 Å². The van der Waals surface area contributed by atoms with Gasteiger partial charge in [-0.15, -0.1) is 0 Å². The van der Waals surface area contributed by atoms with Crippen molar-refractivity contribution in [3.05, 3.63) is 0 Å². The maximum atomic E-state index is 13.3. The third-order valence-corrected chi connectivity index (χ3v) is 5.12. The largest absolute Gasteiger partial charge is 0.644 e. The summed E-state index contributed by atoms with van der Waals surface area (Å²) in [6.45, 7) is 0. The van der Waals surface area contributed by atoms with Gasteiger partial charge in [-0.2, -0.15) is 101 Å². The second-order valence-corrected chi connectivity index (χ2v) is 8.11. The van der Waals surface area contributed by atoms with Crippen LogP contribution >= 0.6 is 8.19 Å². The first-order valence-corrected chi connectivity index (χ1v) is 9.04. The molecule has 0 rings (SSSR count). The molecule has 0 bridgehead atoms. The van der Waals surface area contributed by atoms with E-state index in [1.54, 1.807) is 0 Å². The van der Waals surface area contributed by atoms with Crippen LogP contribution in [0.2, 0.25) is 0 Å². The highest BCUT2D eigenvalue weighted by Gasteiger charge is 3.01. The highest BCUT2D eigenvalue weighted by Crippen LogP contribution is 2.81. The molecule has 230 valence electrons. The summed E-state index contributed by atoms with van der Waals surface area (Å²) in [5.41, 5.74) is -8.56. The molecular formula is C11F26P+. The minimum atomic E-state index is -9.64. The number of halogens is 26. The van der Waals surface area contributed by atoms with E-state index in [1.165, 1.54) is 0 Å². The monoisotopic (exact) mass is 657 g/mol. The van der Waals surface area contributed by atoms with E-state index >= 15 is 0 Å². The average Bonchev–Trinajstić information content (AvgIpc) is 2.64. The minimum Gasteiger partial charge on any atom is -0.192 e. The third kappa shape index (κ3) is 4.10. The van der Waals surface area contributed by atoms with E-state index in [-0.39, 0.29) is 0 Å². The van der Waals surface area contributed by atoms with Crippen LogP contribution in [0.1, 0.15) is 0 Å². The highest BCUT2D eigenvalue weighted by molar-refractivity contribution is 7.61. The van der Waals surface area contributed by atoms with Gasteiger partial charge in [0.05, 0.1) is 0 Å². The van der Waals surface area contributed by atoms with Crippen molar-refractivity contribution in [2.24, 2.45) is 0 Å². The van der Waals surface area contributed by atoms with E-state index in [0.717, 1.165) is 0 Å². The predicted octanol–water partition coefficient (Wildman–Crippen LogP) is 9.53. The molecule has 0 atom stereocenters. The van der Waals surface area contributed by atoms with Crippen molar-refractivity contribution in [1.82, 2.24) is 0 Å². The molecule has 0 radical (unpaired) electrons. The molecule has 0 fully saturated rings. The van der Waals surface area contributed by atoms with Crippen LogP contribution in [-0.2, 0) is 0 Å². The molecule has 0 saturated heterocycles. The highest BCUT2D eigenvalue weighted by atomic mass is 31.3. The Labute approximate surface area is 188 Å². The molecule has 0 spiro atoms. The Bertz CT molecular complexity index is 797. The second-order valence-electron chi connectivity index (χ2n) is 6.65. The molecule has 0 unspecified atom stereocenters. The summed E-state index contributed by atoms with van der Waals surface area (Å²) in [6, 6.07) is 0. The van der Waals surface area contributed by atoms with Crippen LogP contribution in [-0.4, -0.2) is 65.1 Å². The lowest BCUT2D eigenvalue weighted by atomic mass is 9.86. The zero-order chi connectivity index (χ0) is 32.0. The molecule has 0 aromatic heterocycles. The standard InChI is InChI=1S/C11F26P/c12-1(13,2(14,15)4(18,19)6(22,23)8(26,27)10(30,31)32)3(16,17)5(20,21)7(24,25)9(28,29)11(33,34)38(35,36)37/q+1. The number of hydrogen-bond acceptors (Lipinski definition) is 0. The van der Waals surface area contributed by atoms with Crippen LogP contribution in [0.3, 0.4) is 0 Å². The Hall–Kier alpha value is -1.39. The zero-order valence-electron chi connectivity index (χ0n) is 15.8. The molecule has 0 aromatic rings. The number of hydrogen-bond donors (Lipinski definition) is 0. The first-order valence-electron chi connectivity index (χ1n) is 7.58. The maximum Gasteiger partial charge on any atom is 0.644 e. The van der Waals surface area contributed by atoms with Crippen LogP contribution in [0.4, 0.5) is 114 Å². The summed E-state index contributed by atoms with van der Waals surface area (Å²) in [6.07, 6.45) is -8.18. The van der Waals surface area contributed by atoms with Crippen molar-refractivity contribution in [1.29, 1.82) is 0 Å². The van der Waals surface area contributed by atoms with Crippen LogP contribution in [0, 0.1) is 0 Å². The van der Waals surface area contributed by atoms with Crippen molar-refractivity contribution >= 4 is 8.19 Å². The molecule has 38 heavy (non-hydrogen) atoms. The van der Waals surface area contributed by atoms with Crippen LogP contribution in [0.5, 0.6) is 0 Å². The Morgan fingerprint density at radius 3 is 0.553 bits per heavy atom. The molecule has 0 heterocycles. The second kappa shape index (κ2) is 8.56. The molecular weight excluding hydrogens is 657 g/mol.